The van der Waals surface area contributed by atoms with E-state index in [0.717, 1.165) is 49.4 Å². The Labute approximate surface area is 348 Å². The minimum absolute atomic E-state index is 0.216. The van der Waals surface area contributed by atoms with Crippen LogP contribution >= 0.6 is 0 Å². The average Bonchev–Trinajstić information content (AvgIpc) is 3.88. The highest BCUT2D eigenvalue weighted by Gasteiger charge is 2.38. The van der Waals surface area contributed by atoms with Gasteiger partial charge in [0.25, 0.3) is 0 Å². The zero-order chi connectivity index (χ0) is 40.7. The van der Waals surface area contributed by atoms with Gasteiger partial charge in [0.15, 0.2) is 11.6 Å². The number of aromatic nitrogens is 5. The molecule has 0 fully saturated rings. The Bertz CT molecular complexity index is 3310. The molecule has 0 saturated heterocycles. The number of nitrogens with zero attached hydrogens (tertiary/aromatic N) is 5. The van der Waals surface area contributed by atoms with Gasteiger partial charge in [0, 0.05) is 32.5 Å². The summed E-state index contributed by atoms with van der Waals surface area (Å²) in [4.78, 5) is 16.0. The summed E-state index contributed by atoms with van der Waals surface area (Å²) in [6.45, 7) is 8.97. The third-order valence-electron chi connectivity index (χ3n) is 13.2. The first kappa shape index (κ1) is 36.7. The molecule has 1 aliphatic rings. The number of para-hydroxylation sites is 2. The van der Waals surface area contributed by atoms with E-state index in [0.29, 0.717) is 17.6 Å². The van der Waals surface area contributed by atoms with Crippen LogP contribution < -0.4 is 0 Å². The molecular weight excluding hydrogens is 714 g/mol. The molecule has 5 nitrogen and oxygen atoms in total. The number of allylic oxidation sites excluding steroid dienone is 6. The van der Waals surface area contributed by atoms with Crippen LogP contribution in [-0.2, 0) is 5.41 Å². The molecule has 9 aromatic rings. The van der Waals surface area contributed by atoms with Crippen molar-refractivity contribution in [2.45, 2.75) is 33.1 Å². The van der Waals surface area contributed by atoms with Crippen molar-refractivity contribution in [2.75, 3.05) is 0 Å². The van der Waals surface area contributed by atoms with E-state index >= 15 is 0 Å². The van der Waals surface area contributed by atoms with Gasteiger partial charge in [-0.3, -0.25) is 4.57 Å². The normalized spacial score (nSPS) is 14.5. The molecule has 6 aromatic carbocycles. The lowest BCUT2D eigenvalue weighted by Gasteiger charge is -2.25. The molecule has 10 rings (SSSR count). The van der Waals surface area contributed by atoms with Crippen LogP contribution in [0.2, 0.25) is 0 Å². The first-order valence-electron chi connectivity index (χ1n) is 20.6. The van der Waals surface area contributed by atoms with Gasteiger partial charge in [0.2, 0.25) is 5.95 Å². The number of benzene rings is 6. The second-order valence-electron chi connectivity index (χ2n) is 16.6. The molecule has 3 aromatic heterocycles. The lowest BCUT2D eigenvalue weighted by molar-refractivity contribution is 0.656. The number of fused-ring (bicyclic) bond motifs is 10. The molecule has 3 heterocycles. The predicted octanol–water partition coefficient (Wildman–Crippen LogP) is 8.42. The molecule has 0 saturated carbocycles. The minimum Gasteiger partial charge on any atom is -0.307 e. The summed E-state index contributed by atoms with van der Waals surface area (Å²) in [5.41, 5.74) is 17.5. The Hall–Kier alpha value is -6.59. The smallest absolute Gasteiger partial charge is 0.238 e. The van der Waals surface area contributed by atoms with Crippen LogP contribution in [0.15, 0.2) is 161 Å². The number of hydrogen-bond acceptors (Lipinski definition) is 3. The SMILES string of the molecule is BC(=C(B)/C(B)=C(\C)c1nc(-c2ccccc2)nc(-n2c3ccccc3c3ccc4c5ccccc5n(-c5cccc6c5C(C)(C)c5ccccc5-6)c4c32)n1)/C(B)=C/C. The highest BCUT2D eigenvalue weighted by molar-refractivity contribution is 6.46. The topological polar surface area (TPSA) is 48.5 Å². The minimum atomic E-state index is -0.216. The molecule has 9 heteroatoms. The molecule has 0 aliphatic heterocycles. The Morgan fingerprint density at radius 1 is 0.559 bits per heavy atom. The molecule has 0 atom stereocenters. The van der Waals surface area contributed by atoms with Crippen molar-refractivity contribution in [1.29, 1.82) is 0 Å². The van der Waals surface area contributed by atoms with Gasteiger partial charge in [-0.1, -0.05) is 146 Å². The Kier molecular flexibility index (Phi) is 8.57. The van der Waals surface area contributed by atoms with Crippen LogP contribution in [0.5, 0.6) is 0 Å². The lowest BCUT2D eigenvalue weighted by Crippen LogP contribution is -2.18. The summed E-state index contributed by atoms with van der Waals surface area (Å²) in [5, 5.41) is 4.69. The molecule has 0 radical (unpaired) electrons. The predicted molar refractivity (Wildman–Crippen MR) is 259 cm³/mol. The van der Waals surface area contributed by atoms with E-state index < -0.39 is 0 Å². The van der Waals surface area contributed by atoms with E-state index in [1.54, 1.807) is 0 Å². The van der Waals surface area contributed by atoms with Crippen molar-refractivity contribution in [3.8, 4) is 34.2 Å². The van der Waals surface area contributed by atoms with Crippen molar-refractivity contribution < 1.29 is 0 Å². The van der Waals surface area contributed by atoms with Crippen LogP contribution in [-0.4, -0.2) is 55.5 Å². The third kappa shape index (κ3) is 5.47. The monoisotopic (exact) mass is 757 g/mol. The third-order valence-corrected chi connectivity index (χ3v) is 13.2. The van der Waals surface area contributed by atoms with E-state index in [1.165, 1.54) is 55.1 Å². The molecule has 0 unspecified atom stereocenters. The van der Waals surface area contributed by atoms with E-state index in [-0.39, 0.29) is 5.41 Å². The molecule has 1 aliphatic carbocycles. The van der Waals surface area contributed by atoms with E-state index in [2.05, 4.69) is 190 Å². The zero-order valence-electron chi connectivity index (χ0n) is 35.0. The van der Waals surface area contributed by atoms with Gasteiger partial charge in [-0.25, -0.2) is 4.98 Å². The number of hydrogen-bond donors (Lipinski definition) is 0. The molecular formula is C50H43B4N5. The number of rotatable bonds is 6. The first-order valence-corrected chi connectivity index (χ1v) is 20.6. The van der Waals surface area contributed by atoms with Crippen molar-refractivity contribution >= 4 is 80.6 Å². The Morgan fingerprint density at radius 3 is 1.85 bits per heavy atom. The maximum Gasteiger partial charge on any atom is 0.238 e. The molecule has 0 amide bonds. The summed E-state index contributed by atoms with van der Waals surface area (Å²) >= 11 is 0. The van der Waals surface area contributed by atoms with Crippen LogP contribution in [0, 0.1) is 0 Å². The summed E-state index contributed by atoms with van der Waals surface area (Å²) in [6.07, 6.45) is 2.17. The maximum absolute atomic E-state index is 5.44. The van der Waals surface area contributed by atoms with Crippen molar-refractivity contribution in [2.24, 2.45) is 0 Å². The summed E-state index contributed by atoms with van der Waals surface area (Å²) in [6, 6.07) is 48.1. The fourth-order valence-corrected chi connectivity index (χ4v) is 9.56. The Morgan fingerprint density at radius 2 is 1.15 bits per heavy atom. The van der Waals surface area contributed by atoms with E-state index in [1.807, 2.05) is 18.2 Å². The average molecular weight is 757 g/mol. The van der Waals surface area contributed by atoms with Crippen LogP contribution in [0.4, 0.5) is 0 Å². The molecule has 59 heavy (non-hydrogen) atoms. The van der Waals surface area contributed by atoms with Crippen LogP contribution in [0.3, 0.4) is 0 Å². The highest BCUT2D eigenvalue weighted by Crippen LogP contribution is 2.52. The van der Waals surface area contributed by atoms with E-state index in [4.69, 9.17) is 15.0 Å². The summed E-state index contributed by atoms with van der Waals surface area (Å²) in [7, 11) is 8.75. The zero-order valence-corrected chi connectivity index (χ0v) is 35.0. The van der Waals surface area contributed by atoms with Crippen molar-refractivity contribution in [3.63, 3.8) is 0 Å². The fraction of sp³-hybridized carbons (Fsp3) is 0.100. The lowest BCUT2D eigenvalue weighted by atomic mass is 9.64. The largest absolute Gasteiger partial charge is 0.307 e. The van der Waals surface area contributed by atoms with Gasteiger partial charge >= 0.3 is 0 Å². The van der Waals surface area contributed by atoms with Gasteiger partial charge < -0.3 is 4.57 Å². The highest BCUT2D eigenvalue weighted by atomic mass is 15.2. The Balaban J connectivity index is 1.35. The van der Waals surface area contributed by atoms with Gasteiger partial charge in [-0.15, -0.1) is 10.9 Å². The van der Waals surface area contributed by atoms with Crippen LogP contribution in [0.1, 0.15) is 44.6 Å². The van der Waals surface area contributed by atoms with Gasteiger partial charge in [-0.2, -0.15) is 9.97 Å². The molecule has 0 N–H and O–H groups in total. The standard InChI is InChI=1S/C50H43B4N5/c1-5-37(51)43(53)44(54)42(52)28(2)47-55-48(29-16-7-6-8-17-29)57-49(56-47)59-39-24-14-11-20-32(39)35-27-26-34-31-19-10-13-23-38(31)58(45(34)46(35)59)40-25-15-21-33-30-18-9-12-22-36(30)50(3,4)41(33)40/h5-27H,51-54H2,1-4H3/b37-5-,42-28-,44-43-. The van der Waals surface area contributed by atoms with Crippen molar-refractivity contribution in [1.82, 2.24) is 24.1 Å². The molecule has 0 spiro atoms. The first-order chi connectivity index (χ1) is 28.6. The van der Waals surface area contributed by atoms with Crippen LogP contribution in [0.25, 0.3) is 83.3 Å². The fourth-order valence-electron chi connectivity index (χ4n) is 9.56. The van der Waals surface area contributed by atoms with E-state index in [9.17, 15) is 0 Å². The van der Waals surface area contributed by atoms with Gasteiger partial charge in [-0.05, 0) is 59.9 Å². The summed E-state index contributed by atoms with van der Waals surface area (Å²) in [5.74, 6) is 1.89. The van der Waals surface area contributed by atoms with Gasteiger partial charge in [0.05, 0.1) is 27.8 Å². The quantitative estimate of drug-likeness (QED) is 0.127. The molecule has 0 bridgehead atoms. The van der Waals surface area contributed by atoms with Gasteiger partial charge in [0.1, 0.15) is 31.4 Å². The van der Waals surface area contributed by atoms with Crippen molar-refractivity contribution in [3.05, 3.63) is 178 Å². The summed E-state index contributed by atoms with van der Waals surface area (Å²) < 4.78 is 4.81. The maximum atomic E-state index is 5.44. The molecule has 280 valence electrons. The second-order valence-corrected chi connectivity index (χ2v) is 16.6. The second kappa shape index (κ2) is 13.8.